The molecule has 1 aliphatic rings. The number of Topliss-reactive ketones (excluding diaryl/α,β-unsaturated/α-hetero) is 1. The van der Waals surface area contributed by atoms with E-state index < -0.39 is 5.78 Å². The molecule has 0 atom stereocenters. The SMILES string of the molecule is CC.CNC(=O)/C(=C(/C(=O)c1cc(C)cc(C#N)c1)N(C=O)CC1CC1)C(C)C. The summed E-state index contributed by atoms with van der Waals surface area (Å²) in [5.74, 6) is -0.714. The molecule has 0 bridgehead atoms. The van der Waals surface area contributed by atoms with Crippen LogP contribution in [0.15, 0.2) is 29.5 Å². The number of allylic oxidation sites excluding steroid dienone is 1. The zero-order chi connectivity index (χ0) is 22.1. The van der Waals surface area contributed by atoms with Crippen LogP contribution in [0.5, 0.6) is 0 Å². The van der Waals surface area contributed by atoms with E-state index in [0.29, 0.717) is 30.0 Å². The lowest BCUT2D eigenvalue weighted by Crippen LogP contribution is -2.35. The van der Waals surface area contributed by atoms with Crippen molar-refractivity contribution >= 4 is 18.1 Å². The van der Waals surface area contributed by atoms with Crippen LogP contribution in [0.3, 0.4) is 0 Å². The van der Waals surface area contributed by atoms with Crippen LogP contribution in [-0.2, 0) is 9.59 Å². The third-order valence-corrected chi connectivity index (χ3v) is 4.55. The maximum Gasteiger partial charge on any atom is 0.249 e. The van der Waals surface area contributed by atoms with Crippen LogP contribution < -0.4 is 5.32 Å². The average molecular weight is 398 g/mol. The number of hydrogen-bond donors (Lipinski definition) is 1. The van der Waals surface area contributed by atoms with Gasteiger partial charge in [-0.1, -0.05) is 27.7 Å². The second-order valence-electron chi connectivity index (χ2n) is 7.23. The number of amides is 2. The topological polar surface area (TPSA) is 90.3 Å². The lowest BCUT2D eigenvalue weighted by molar-refractivity contribution is -0.118. The summed E-state index contributed by atoms with van der Waals surface area (Å²) in [7, 11) is 1.50. The van der Waals surface area contributed by atoms with Crippen molar-refractivity contribution in [1.82, 2.24) is 10.2 Å². The Kier molecular flexibility index (Phi) is 9.27. The van der Waals surface area contributed by atoms with Crippen LogP contribution in [0.2, 0.25) is 0 Å². The molecule has 6 heteroatoms. The molecule has 1 aliphatic carbocycles. The molecule has 2 rings (SSSR count). The summed E-state index contributed by atoms with van der Waals surface area (Å²) >= 11 is 0. The molecule has 1 aromatic rings. The van der Waals surface area contributed by atoms with Crippen LogP contribution >= 0.6 is 0 Å². The fourth-order valence-corrected chi connectivity index (χ4v) is 3.07. The number of aryl methyl sites for hydroxylation is 1. The van der Waals surface area contributed by atoms with E-state index in [1.54, 1.807) is 19.1 Å². The molecule has 0 aromatic heterocycles. The number of carbonyl (C=O) groups is 3. The number of nitriles is 1. The second-order valence-corrected chi connectivity index (χ2v) is 7.23. The van der Waals surface area contributed by atoms with E-state index >= 15 is 0 Å². The Morgan fingerprint density at radius 1 is 1.28 bits per heavy atom. The first-order valence-electron chi connectivity index (χ1n) is 10.1. The van der Waals surface area contributed by atoms with Crippen LogP contribution in [0.4, 0.5) is 0 Å². The number of hydrogen-bond acceptors (Lipinski definition) is 4. The molecule has 0 spiro atoms. The smallest absolute Gasteiger partial charge is 0.249 e. The number of ketones is 1. The van der Waals surface area contributed by atoms with Crippen molar-refractivity contribution in [3.05, 3.63) is 46.2 Å². The van der Waals surface area contributed by atoms with E-state index in [-0.39, 0.29) is 23.1 Å². The van der Waals surface area contributed by atoms with Gasteiger partial charge in [0.05, 0.1) is 11.6 Å². The summed E-state index contributed by atoms with van der Waals surface area (Å²) in [5, 5.41) is 11.8. The molecule has 29 heavy (non-hydrogen) atoms. The van der Waals surface area contributed by atoms with Gasteiger partial charge in [0, 0.05) is 24.7 Å². The number of nitrogens with one attached hydrogen (secondary N) is 1. The van der Waals surface area contributed by atoms with Crippen molar-refractivity contribution in [3.63, 3.8) is 0 Å². The quantitative estimate of drug-likeness (QED) is 0.412. The lowest BCUT2D eigenvalue weighted by atomic mass is 9.93. The van der Waals surface area contributed by atoms with Crippen molar-refractivity contribution in [1.29, 1.82) is 5.26 Å². The standard InChI is InChI=1S/C21H25N3O3.C2H6/c1-13(2)18(21(27)23-4)19(24(12-25)11-15-5-6-15)20(26)17-8-14(3)7-16(9-17)10-22;1-2/h7-9,12-13,15H,5-6,11H2,1-4H3,(H,23,27);1-2H3/b19-18-;. The Labute approximate surface area is 173 Å². The number of rotatable bonds is 8. The van der Waals surface area contributed by atoms with Crippen molar-refractivity contribution in [2.24, 2.45) is 11.8 Å². The molecule has 156 valence electrons. The molecule has 1 aromatic carbocycles. The Morgan fingerprint density at radius 3 is 2.34 bits per heavy atom. The van der Waals surface area contributed by atoms with Crippen molar-refractivity contribution in [3.8, 4) is 6.07 Å². The van der Waals surface area contributed by atoms with E-state index in [0.717, 1.165) is 18.4 Å². The summed E-state index contributed by atoms with van der Waals surface area (Å²) in [5.41, 5.74) is 1.80. The zero-order valence-corrected chi connectivity index (χ0v) is 18.2. The van der Waals surface area contributed by atoms with E-state index in [1.165, 1.54) is 18.0 Å². The fourth-order valence-electron chi connectivity index (χ4n) is 3.07. The van der Waals surface area contributed by atoms with E-state index in [9.17, 15) is 19.6 Å². The van der Waals surface area contributed by atoms with Crippen LogP contribution in [0.1, 0.15) is 62.0 Å². The zero-order valence-electron chi connectivity index (χ0n) is 18.2. The largest absolute Gasteiger partial charge is 0.355 e. The molecule has 0 aliphatic heterocycles. The summed E-state index contributed by atoms with van der Waals surface area (Å²) in [6.45, 7) is 9.84. The van der Waals surface area contributed by atoms with E-state index in [2.05, 4.69) is 5.32 Å². The number of carbonyl (C=O) groups excluding carboxylic acids is 3. The Bertz CT molecular complexity index is 830. The average Bonchev–Trinajstić information content (AvgIpc) is 3.54. The van der Waals surface area contributed by atoms with Gasteiger partial charge in [0.25, 0.3) is 0 Å². The minimum Gasteiger partial charge on any atom is -0.355 e. The van der Waals surface area contributed by atoms with Crippen molar-refractivity contribution in [2.45, 2.75) is 47.5 Å². The fraction of sp³-hybridized carbons (Fsp3) is 0.478. The second kappa shape index (κ2) is 11.2. The van der Waals surface area contributed by atoms with Crippen molar-refractivity contribution < 1.29 is 14.4 Å². The molecule has 1 N–H and O–H groups in total. The Balaban J connectivity index is 0.00000204. The molecular formula is C23H31N3O3. The number of benzene rings is 1. The Hall–Kier alpha value is -2.94. The maximum atomic E-state index is 13.4. The highest BCUT2D eigenvalue weighted by Crippen LogP contribution is 2.32. The third kappa shape index (κ3) is 6.28. The van der Waals surface area contributed by atoms with Gasteiger partial charge in [-0.25, -0.2) is 0 Å². The van der Waals surface area contributed by atoms with Crippen LogP contribution in [0, 0.1) is 30.1 Å². The van der Waals surface area contributed by atoms with Gasteiger partial charge in [-0.2, -0.15) is 5.26 Å². The van der Waals surface area contributed by atoms with E-state index in [1.807, 2.05) is 33.8 Å². The highest BCUT2D eigenvalue weighted by molar-refractivity contribution is 6.14. The first-order valence-corrected chi connectivity index (χ1v) is 10.1. The monoisotopic (exact) mass is 397 g/mol. The van der Waals surface area contributed by atoms with Gasteiger partial charge < -0.3 is 10.2 Å². The highest BCUT2D eigenvalue weighted by Gasteiger charge is 2.32. The van der Waals surface area contributed by atoms with Gasteiger partial charge in [0.2, 0.25) is 18.1 Å². The van der Waals surface area contributed by atoms with Gasteiger partial charge >= 0.3 is 0 Å². The molecule has 0 saturated heterocycles. The van der Waals surface area contributed by atoms with Gasteiger partial charge in [0.15, 0.2) is 0 Å². The molecule has 1 saturated carbocycles. The summed E-state index contributed by atoms with van der Waals surface area (Å²) in [6.07, 6.45) is 2.63. The molecule has 6 nitrogen and oxygen atoms in total. The first-order chi connectivity index (χ1) is 13.8. The van der Waals surface area contributed by atoms with Gasteiger partial charge in [0.1, 0.15) is 5.70 Å². The highest BCUT2D eigenvalue weighted by atomic mass is 16.2. The summed E-state index contributed by atoms with van der Waals surface area (Å²) in [4.78, 5) is 39.1. The molecule has 0 heterocycles. The predicted molar refractivity (Wildman–Crippen MR) is 113 cm³/mol. The van der Waals surface area contributed by atoms with E-state index in [4.69, 9.17) is 0 Å². The molecular weight excluding hydrogens is 366 g/mol. The van der Waals surface area contributed by atoms with Crippen molar-refractivity contribution in [2.75, 3.05) is 13.6 Å². The predicted octanol–water partition coefficient (Wildman–Crippen LogP) is 3.60. The molecule has 2 amide bonds. The minimum atomic E-state index is -0.421. The number of likely N-dealkylation sites (N-methyl/N-ethyl adjacent to an activating group) is 1. The summed E-state index contributed by atoms with van der Waals surface area (Å²) < 4.78 is 0. The summed E-state index contributed by atoms with van der Waals surface area (Å²) in [6, 6.07) is 6.90. The maximum absolute atomic E-state index is 13.4. The molecule has 0 radical (unpaired) electrons. The normalized spacial score (nSPS) is 13.4. The molecule has 1 fully saturated rings. The third-order valence-electron chi connectivity index (χ3n) is 4.55. The van der Waals surface area contributed by atoms with Gasteiger partial charge in [-0.05, 0) is 55.4 Å². The number of nitrogens with zero attached hydrogens (tertiary/aromatic N) is 2. The first kappa shape index (κ1) is 24.1. The van der Waals surface area contributed by atoms with Crippen LogP contribution in [-0.4, -0.2) is 36.6 Å². The van der Waals surface area contributed by atoms with Gasteiger partial charge in [-0.3, -0.25) is 14.4 Å². The van der Waals surface area contributed by atoms with Gasteiger partial charge in [-0.15, -0.1) is 0 Å². The van der Waals surface area contributed by atoms with Crippen LogP contribution in [0.25, 0.3) is 0 Å². The molecule has 0 unspecified atom stereocenters. The minimum absolute atomic E-state index is 0.0979. The Morgan fingerprint density at radius 2 is 1.90 bits per heavy atom. The lowest BCUT2D eigenvalue weighted by Gasteiger charge is -2.25.